The number of aromatic nitrogens is 2. The second kappa shape index (κ2) is 11.5. The van der Waals surface area contributed by atoms with Crippen molar-refractivity contribution < 1.29 is 4.79 Å². The van der Waals surface area contributed by atoms with Gasteiger partial charge >= 0.3 is 0 Å². The highest BCUT2D eigenvalue weighted by Crippen LogP contribution is 2.21. The first-order valence-electron chi connectivity index (χ1n) is 13.1. The fraction of sp³-hybridized carbons (Fsp3) is 0.667. The number of nitrogens with one attached hydrogen (secondary N) is 1. The molecule has 2 fully saturated rings. The molecule has 186 valence electrons. The molecular formula is C27H41N5O2. The molecule has 1 aromatic carbocycles. The van der Waals surface area contributed by atoms with Gasteiger partial charge in [-0.15, -0.1) is 0 Å². The van der Waals surface area contributed by atoms with E-state index < -0.39 is 0 Å². The average Bonchev–Trinajstić information content (AvgIpc) is 2.84. The topological polar surface area (TPSA) is 70.5 Å². The number of aryl methyl sites for hydroxylation is 4. The summed E-state index contributed by atoms with van der Waals surface area (Å²) >= 11 is 0. The molecule has 34 heavy (non-hydrogen) atoms. The molecule has 0 aliphatic carbocycles. The van der Waals surface area contributed by atoms with E-state index in [-0.39, 0.29) is 11.5 Å². The number of rotatable bonds is 8. The lowest BCUT2D eigenvalue weighted by molar-refractivity contribution is -0.121. The molecule has 0 saturated carbocycles. The van der Waals surface area contributed by atoms with Crippen molar-refractivity contribution in [2.45, 2.75) is 78.3 Å². The first-order chi connectivity index (χ1) is 16.4. The number of likely N-dealkylation sites (tertiary alicyclic amines) is 2. The van der Waals surface area contributed by atoms with Crippen LogP contribution in [-0.4, -0.2) is 70.6 Å². The Balaban J connectivity index is 1.20. The van der Waals surface area contributed by atoms with Gasteiger partial charge in [-0.05, 0) is 109 Å². The highest BCUT2D eigenvalue weighted by atomic mass is 16.2. The van der Waals surface area contributed by atoms with Crippen LogP contribution in [0.3, 0.4) is 0 Å². The van der Waals surface area contributed by atoms with E-state index in [9.17, 15) is 9.59 Å². The highest BCUT2D eigenvalue weighted by Gasteiger charge is 2.25. The number of benzene rings is 1. The molecule has 1 amide bonds. The summed E-state index contributed by atoms with van der Waals surface area (Å²) in [5, 5.41) is 3.05. The van der Waals surface area contributed by atoms with Gasteiger partial charge in [0.1, 0.15) is 5.69 Å². The summed E-state index contributed by atoms with van der Waals surface area (Å²) in [4.78, 5) is 34.9. The van der Waals surface area contributed by atoms with Gasteiger partial charge < -0.3 is 19.7 Å². The minimum atomic E-state index is -0.114. The number of hydrogen-bond donors (Lipinski definition) is 1. The van der Waals surface area contributed by atoms with E-state index in [1.165, 1.54) is 58.3 Å². The number of nitrogens with zero attached hydrogens (tertiary/aromatic N) is 4. The SMILES string of the molecule is Cc1cc2nc(C)c(=O)n(CCC(=O)NCCCN3CCC(N4CCCCC4)CC3)c2cc1C. The van der Waals surface area contributed by atoms with E-state index in [1.807, 2.05) is 26.0 Å². The zero-order chi connectivity index (χ0) is 24.1. The molecule has 0 radical (unpaired) electrons. The maximum Gasteiger partial charge on any atom is 0.272 e. The maximum atomic E-state index is 12.7. The van der Waals surface area contributed by atoms with Crippen LogP contribution in [0.4, 0.5) is 0 Å². The van der Waals surface area contributed by atoms with Gasteiger partial charge in [0, 0.05) is 25.6 Å². The third kappa shape index (κ3) is 6.05. The van der Waals surface area contributed by atoms with Crippen molar-refractivity contribution in [3.05, 3.63) is 39.3 Å². The summed E-state index contributed by atoms with van der Waals surface area (Å²) in [6, 6.07) is 4.80. The Kier molecular flexibility index (Phi) is 8.37. The van der Waals surface area contributed by atoms with Crippen molar-refractivity contribution in [2.75, 3.05) is 39.3 Å². The summed E-state index contributed by atoms with van der Waals surface area (Å²) in [6.45, 7) is 12.8. The first-order valence-corrected chi connectivity index (χ1v) is 13.1. The van der Waals surface area contributed by atoms with E-state index in [1.54, 1.807) is 11.5 Å². The number of hydrogen-bond acceptors (Lipinski definition) is 5. The monoisotopic (exact) mass is 467 g/mol. The van der Waals surface area contributed by atoms with Crippen molar-refractivity contribution >= 4 is 16.9 Å². The molecular weight excluding hydrogens is 426 g/mol. The standard InChI is InChI=1S/C27H41N5O2/c1-20-18-24-25(19-21(20)2)32(27(34)22(3)29-24)17-10-26(33)28-11-7-12-30-15-8-23(9-16-30)31-13-5-4-6-14-31/h18-19,23H,4-17H2,1-3H3,(H,28,33). The number of carbonyl (C=O) groups is 1. The van der Waals surface area contributed by atoms with Crippen LogP contribution in [-0.2, 0) is 11.3 Å². The van der Waals surface area contributed by atoms with Crippen molar-refractivity contribution in [1.82, 2.24) is 24.7 Å². The smallest absolute Gasteiger partial charge is 0.272 e. The normalized spacial score (nSPS) is 18.4. The molecule has 3 heterocycles. The molecule has 0 bridgehead atoms. The van der Waals surface area contributed by atoms with Crippen LogP contribution in [0.25, 0.3) is 11.0 Å². The molecule has 0 atom stereocenters. The quantitative estimate of drug-likeness (QED) is 0.604. The van der Waals surface area contributed by atoms with Gasteiger partial charge in [0.05, 0.1) is 11.0 Å². The Morgan fingerprint density at radius 3 is 2.44 bits per heavy atom. The van der Waals surface area contributed by atoms with Gasteiger partial charge in [-0.1, -0.05) is 6.42 Å². The molecule has 2 aliphatic heterocycles. The van der Waals surface area contributed by atoms with Gasteiger partial charge in [0.2, 0.25) is 5.91 Å². The third-order valence-electron chi connectivity index (χ3n) is 7.72. The number of amides is 1. The van der Waals surface area contributed by atoms with E-state index in [2.05, 4.69) is 20.1 Å². The molecule has 1 aromatic heterocycles. The van der Waals surface area contributed by atoms with Gasteiger partial charge in [0.25, 0.3) is 5.56 Å². The first kappa shape index (κ1) is 24.9. The largest absolute Gasteiger partial charge is 0.356 e. The van der Waals surface area contributed by atoms with E-state index >= 15 is 0 Å². The minimum Gasteiger partial charge on any atom is -0.356 e. The van der Waals surface area contributed by atoms with Crippen LogP contribution in [0, 0.1) is 20.8 Å². The molecule has 2 aromatic rings. The van der Waals surface area contributed by atoms with Crippen LogP contribution in [0.5, 0.6) is 0 Å². The lowest BCUT2D eigenvalue weighted by Crippen LogP contribution is -2.47. The van der Waals surface area contributed by atoms with Crippen molar-refractivity contribution in [1.29, 1.82) is 0 Å². The molecule has 7 heteroatoms. The van der Waals surface area contributed by atoms with Crippen LogP contribution in [0.1, 0.15) is 61.8 Å². The highest BCUT2D eigenvalue weighted by molar-refractivity contribution is 5.78. The van der Waals surface area contributed by atoms with Crippen LogP contribution in [0.15, 0.2) is 16.9 Å². The van der Waals surface area contributed by atoms with Gasteiger partial charge in [-0.3, -0.25) is 9.59 Å². The molecule has 7 nitrogen and oxygen atoms in total. The Morgan fingerprint density at radius 2 is 1.71 bits per heavy atom. The zero-order valence-corrected chi connectivity index (χ0v) is 21.2. The summed E-state index contributed by atoms with van der Waals surface area (Å²) in [6.07, 6.45) is 7.95. The van der Waals surface area contributed by atoms with Crippen molar-refractivity contribution in [3.8, 4) is 0 Å². The Bertz CT molecular complexity index is 1050. The molecule has 1 N–H and O–H groups in total. The second-order valence-corrected chi connectivity index (χ2v) is 10.2. The lowest BCUT2D eigenvalue weighted by Gasteiger charge is -2.40. The van der Waals surface area contributed by atoms with E-state index in [0.29, 0.717) is 25.2 Å². The Hall–Kier alpha value is -2.25. The zero-order valence-electron chi connectivity index (χ0n) is 21.2. The van der Waals surface area contributed by atoms with Crippen LogP contribution in [0.2, 0.25) is 0 Å². The summed E-state index contributed by atoms with van der Waals surface area (Å²) in [5.74, 6) is 0.00200. The molecule has 2 saturated heterocycles. The average molecular weight is 468 g/mol. The Labute approximate surface area is 203 Å². The fourth-order valence-electron chi connectivity index (χ4n) is 5.47. The van der Waals surface area contributed by atoms with Crippen molar-refractivity contribution in [2.24, 2.45) is 0 Å². The van der Waals surface area contributed by atoms with E-state index in [4.69, 9.17) is 0 Å². The fourth-order valence-corrected chi connectivity index (χ4v) is 5.47. The Morgan fingerprint density at radius 1 is 1.00 bits per heavy atom. The summed E-state index contributed by atoms with van der Waals surface area (Å²) in [5.41, 5.74) is 4.25. The number of fused-ring (bicyclic) bond motifs is 1. The lowest BCUT2D eigenvalue weighted by atomic mass is 10.00. The second-order valence-electron chi connectivity index (χ2n) is 10.2. The van der Waals surface area contributed by atoms with Gasteiger partial charge in [-0.2, -0.15) is 0 Å². The van der Waals surface area contributed by atoms with Gasteiger partial charge in [-0.25, -0.2) is 4.98 Å². The molecule has 0 unspecified atom stereocenters. The number of piperidine rings is 2. The predicted octanol–water partition coefficient (Wildman–Crippen LogP) is 3.17. The maximum absolute atomic E-state index is 12.7. The molecule has 4 rings (SSSR count). The van der Waals surface area contributed by atoms with E-state index in [0.717, 1.165) is 41.2 Å². The minimum absolute atomic E-state index is 0.00200. The van der Waals surface area contributed by atoms with Gasteiger partial charge in [0.15, 0.2) is 0 Å². The number of carbonyl (C=O) groups excluding carboxylic acids is 1. The molecule has 0 spiro atoms. The molecule has 2 aliphatic rings. The summed E-state index contributed by atoms with van der Waals surface area (Å²) < 4.78 is 1.70. The van der Waals surface area contributed by atoms with Crippen molar-refractivity contribution in [3.63, 3.8) is 0 Å². The van der Waals surface area contributed by atoms with Crippen LogP contribution >= 0.6 is 0 Å². The predicted molar refractivity (Wildman–Crippen MR) is 137 cm³/mol. The third-order valence-corrected chi connectivity index (χ3v) is 7.72. The van der Waals surface area contributed by atoms with Crippen LogP contribution < -0.4 is 10.9 Å². The summed E-state index contributed by atoms with van der Waals surface area (Å²) in [7, 11) is 0.